The van der Waals surface area contributed by atoms with Gasteiger partial charge in [-0.15, -0.1) is 0 Å². The smallest absolute Gasteiger partial charge is 0.191 e. The molecule has 0 unspecified atom stereocenters. The Labute approximate surface area is 64.5 Å². The van der Waals surface area contributed by atoms with Crippen molar-refractivity contribution in [3.8, 4) is 0 Å². The van der Waals surface area contributed by atoms with Crippen LogP contribution in [0.4, 0.5) is 0 Å². The van der Waals surface area contributed by atoms with Crippen LogP contribution in [0.1, 0.15) is 18.0 Å². The van der Waals surface area contributed by atoms with Crippen LogP contribution in [0.2, 0.25) is 0 Å². The average molecular weight is 148 g/mol. The van der Waals surface area contributed by atoms with E-state index in [0.29, 0.717) is 5.89 Å². The van der Waals surface area contributed by atoms with Gasteiger partial charge in [-0.1, -0.05) is 6.08 Å². The number of aliphatic imine (C=N–C) groups is 1. The van der Waals surface area contributed by atoms with Crippen LogP contribution in [-0.4, -0.2) is 10.7 Å². The molecule has 0 aliphatic carbocycles. The molecule has 3 heteroatoms. The minimum Gasteiger partial charge on any atom is -0.449 e. The molecule has 2 rings (SSSR count). The lowest BCUT2D eigenvalue weighted by molar-refractivity contribution is 0.521. The van der Waals surface area contributed by atoms with Gasteiger partial charge < -0.3 is 4.42 Å². The van der Waals surface area contributed by atoms with E-state index in [4.69, 9.17) is 4.42 Å². The molecule has 0 radical (unpaired) electrons. The standard InChI is InChI=1S/C8H8N2O/c1-6-10-8(5-11-6)7-3-2-4-9-7/h2,4-5H,3H2,1H3. The Hall–Kier alpha value is -1.38. The Bertz CT molecular complexity index is 323. The summed E-state index contributed by atoms with van der Waals surface area (Å²) in [6.45, 7) is 1.83. The zero-order valence-electron chi connectivity index (χ0n) is 6.24. The molecule has 0 N–H and O–H groups in total. The molecule has 0 saturated carbocycles. The number of hydrogen-bond acceptors (Lipinski definition) is 3. The van der Waals surface area contributed by atoms with Gasteiger partial charge in [0.15, 0.2) is 5.89 Å². The molecule has 0 saturated heterocycles. The quantitative estimate of drug-likeness (QED) is 0.607. The van der Waals surface area contributed by atoms with E-state index in [1.807, 2.05) is 13.0 Å². The molecule has 2 heterocycles. The first-order chi connectivity index (χ1) is 5.36. The maximum Gasteiger partial charge on any atom is 0.191 e. The van der Waals surface area contributed by atoms with Gasteiger partial charge in [-0.3, -0.25) is 4.99 Å². The molecule has 1 aromatic rings. The van der Waals surface area contributed by atoms with Crippen LogP contribution >= 0.6 is 0 Å². The van der Waals surface area contributed by atoms with Crippen molar-refractivity contribution in [1.29, 1.82) is 0 Å². The van der Waals surface area contributed by atoms with Crippen LogP contribution in [-0.2, 0) is 0 Å². The molecule has 0 bridgehead atoms. The van der Waals surface area contributed by atoms with E-state index in [-0.39, 0.29) is 0 Å². The van der Waals surface area contributed by atoms with E-state index in [2.05, 4.69) is 9.98 Å². The highest BCUT2D eigenvalue weighted by Crippen LogP contribution is 2.09. The number of nitrogens with zero attached hydrogens (tertiary/aromatic N) is 2. The van der Waals surface area contributed by atoms with Crippen molar-refractivity contribution in [2.24, 2.45) is 4.99 Å². The summed E-state index contributed by atoms with van der Waals surface area (Å²) in [4.78, 5) is 8.29. The Morgan fingerprint density at radius 1 is 1.55 bits per heavy atom. The summed E-state index contributed by atoms with van der Waals surface area (Å²) in [5, 5.41) is 0. The minimum atomic E-state index is 0.689. The number of rotatable bonds is 1. The fourth-order valence-corrected chi connectivity index (χ4v) is 1.03. The second-order valence-electron chi connectivity index (χ2n) is 2.42. The first-order valence-corrected chi connectivity index (χ1v) is 3.50. The third-order valence-corrected chi connectivity index (χ3v) is 1.56. The number of aromatic nitrogens is 1. The largest absolute Gasteiger partial charge is 0.449 e. The summed E-state index contributed by atoms with van der Waals surface area (Å²) in [6.07, 6.45) is 6.30. The lowest BCUT2D eigenvalue weighted by Gasteiger charge is -1.88. The molecule has 1 aromatic heterocycles. The van der Waals surface area contributed by atoms with Crippen molar-refractivity contribution < 1.29 is 4.42 Å². The molecule has 0 aromatic carbocycles. The fourth-order valence-electron chi connectivity index (χ4n) is 1.03. The summed E-state index contributed by atoms with van der Waals surface area (Å²) < 4.78 is 5.06. The second-order valence-corrected chi connectivity index (χ2v) is 2.42. The maximum absolute atomic E-state index is 5.06. The third kappa shape index (κ3) is 1.09. The number of aryl methyl sites for hydroxylation is 1. The molecule has 1 aliphatic heterocycles. The Morgan fingerprint density at radius 2 is 2.45 bits per heavy atom. The molecule has 1 aliphatic rings. The summed E-state index contributed by atoms with van der Waals surface area (Å²) >= 11 is 0. The summed E-state index contributed by atoms with van der Waals surface area (Å²) in [7, 11) is 0. The van der Waals surface area contributed by atoms with E-state index in [0.717, 1.165) is 17.8 Å². The van der Waals surface area contributed by atoms with Crippen LogP contribution in [0.5, 0.6) is 0 Å². The average Bonchev–Trinajstić information content (AvgIpc) is 2.55. The molecular formula is C8H8N2O. The Kier molecular flexibility index (Phi) is 1.35. The van der Waals surface area contributed by atoms with Gasteiger partial charge in [-0.2, -0.15) is 0 Å². The van der Waals surface area contributed by atoms with Crippen LogP contribution in [0.15, 0.2) is 27.9 Å². The van der Waals surface area contributed by atoms with Gasteiger partial charge in [0, 0.05) is 19.5 Å². The summed E-state index contributed by atoms with van der Waals surface area (Å²) in [5.41, 5.74) is 1.84. The van der Waals surface area contributed by atoms with Crippen LogP contribution in [0.25, 0.3) is 0 Å². The molecule has 3 nitrogen and oxygen atoms in total. The predicted molar refractivity (Wildman–Crippen MR) is 41.5 cm³/mol. The lowest BCUT2D eigenvalue weighted by Crippen LogP contribution is -1.95. The van der Waals surface area contributed by atoms with Crippen LogP contribution in [0.3, 0.4) is 0 Å². The first kappa shape index (κ1) is 6.34. The number of allylic oxidation sites excluding steroid dienone is 1. The van der Waals surface area contributed by atoms with Crippen molar-refractivity contribution in [3.05, 3.63) is 30.1 Å². The number of hydrogen-bond donors (Lipinski definition) is 0. The molecule has 0 spiro atoms. The van der Waals surface area contributed by atoms with E-state index in [1.54, 1.807) is 12.5 Å². The molecule has 11 heavy (non-hydrogen) atoms. The highest BCUT2D eigenvalue weighted by molar-refractivity contribution is 6.01. The van der Waals surface area contributed by atoms with Gasteiger partial charge in [0.25, 0.3) is 0 Å². The van der Waals surface area contributed by atoms with Gasteiger partial charge in [0.05, 0.1) is 5.71 Å². The number of oxazole rings is 1. The Balaban J connectivity index is 2.30. The highest BCUT2D eigenvalue weighted by Gasteiger charge is 2.08. The Morgan fingerprint density at radius 3 is 3.00 bits per heavy atom. The van der Waals surface area contributed by atoms with Gasteiger partial charge in [-0.25, -0.2) is 4.98 Å². The van der Waals surface area contributed by atoms with E-state index in [9.17, 15) is 0 Å². The second kappa shape index (κ2) is 2.34. The maximum atomic E-state index is 5.06. The van der Waals surface area contributed by atoms with Crippen molar-refractivity contribution in [1.82, 2.24) is 4.98 Å². The molecule has 0 atom stereocenters. The van der Waals surface area contributed by atoms with Crippen LogP contribution in [0, 0.1) is 6.92 Å². The van der Waals surface area contributed by atoms with Crippen LogP contribution < -0.4 is 0 Å². The van der Waals surface area contributed by atoms with Gasteiger partial charge in [0.2, 0.25) is 0 Å². The van der Waals surface area contributed by atoms with E-state index >= 15 is 0 Å². The summed E-state index contributed by atoms with van der Waals surface area (Å²) in [5.74, 6) is 0.689. The van der Waals surface area contributed by atoms with Crippen molar-refractivity contribution in [3.63, 3.8) is 0 Å². The van der Waals surface area contributed by atoms with Gasteiger partial charge >= 0.3 is 0 Å². The highest BCUT2D eigenvalue weighted by atomic mass is 16.3. The van der Waals surface area contributed by atoms with E-state index in [1.165, 1.54) is 0 Å². The SMILES string of the molecule is Cc1nc(C2=NC=CC2)co1. The fraction of sp³-hybridized carbons (Fsp3) is 0.250. The first-order valence-electron chi connectivity index (χ1n) is 3.50. The van der Waals surface area contributed by atoms with E-state index < -0.39 is 0 Å². The zero-order valence-corrected chi connectivity index (χ0v) is 6.24. The van der Waals surface area contributed by atoms with Crippen molar-refractivity contribution >= 4 is 5.71 Å². The normalized spacial score (nSPS) is 15.5. The topological polar surface area (TPSA) is 38.4 Å². The summed E-state index contributed by atoms with van der Waals surface area (Å²) in [6, 6.07) is 0. The molecule has 56 valence electrons. The predicted octanol–water partition coefficient (Wildman–Crippen LogP) is 1.69. The third-order valence-electron chi connectivity index (χ3n) is 1.56. The van der Waals surface area contributed by atoms with Crippen molar-refractivity contribution in [2.45, 2.75) is 13.3 Å². The molecule has 0 fully saturated rings. The minimum absolute atomic E-state index is 0.689. The van der Waals surface area contributed by atoms with Crippen molar-refractivity contribution in [2.75, 3.05) is 0 Å². The zero-order chi connectivity index (χ0) is 7.68. The monoisotopic (exact) mass is 148 g/mol. The molecular weight excluding hydrogens is 140 g/mol. The van der Waals surface area contributed by atoms with Gasteiger partial charge in [-0.05, 0) is 0 Å². The van der Waals surface area contributed by atoms with Gasteiger partial charge in [0.1, 0.15) is 12.0 Å². The molecule has 0 amide bonds. The lowest BCUT2D eigenvalue weighted by atomic mass is 10.2.